The summed E-state index contributed by atoms with van der Waals surface area (Å²) in [6.45, 7) is 3.55. The molecule has 2 aliphatic rings. The minimum Gasteiger partial charge on any atom is -0.755 e. The number of benzene rings is 2. The molecule has 22 heteroatoms. The van der Waals surface area contributed by atoms with Crippen LogP contribution < -0.4 is 30.3 Å². The van der Waals surface area contributed by atoms with Crippen LogP contribution in [0.2, 0.25) is 0 Å². The van der Waals surface area contributed by atoms with Crippen molar-refractivity contribution in [2.45, 2.75) is 43.7 Å². The van der Waals surface area contributed by atoms with Gasteiger partial charge in [0.1, 0.15) is 0 Å². The van der Waals surface area contributed by atoms with Gasteiger partial charge in [0.25, 0.3) is 23.6 Å². The number of hydrogen-bond acceptors (Lipinski definition) is 14. The van der Waals surface area contributed by atoms with E-state index in [2.05, 4.69) is 46.4 Å². The van der Waals surface area contributed by atoms with Crippen LogP contribution in [-0.4, -0.2) is 76.2 Å². The Balaban J connectivity index is 1.84. The van der Waals surface area contributed by atoms with Crippen LogP contribution in [0, 0.1) is 0 Å². The Kier molecular flexibility index (Phi) is 11.8. The lowest BCUT2D eigenvalue weighted by molar-refractivity contribution is -0.132. The lowest BCUT2D eigenvalue weighted by Crippen LogP contribution is -2.57. The number of amides is 4. The van der Waals surface area contributed by atoms with E-state index in [-0.39, 0.29) is 56.4 Å². The van der Waals surface area contributed by atoms with Crippen LogP contribution in [0.25, 0.3) is 11.1 Å². The van der Waals surface area contributed by atoms with Crippen molar-refractivity contribution in [3.05, 3.63) is 36.4 Å². The predicted molar refractivity (Wildman–Crippen MR) is 178 cm³/mol. The van der Waals surface area contributed by atoms with E-state index in [1.54, 1.807) is 13.8 Å². The molecule has 48 heavy (non-hydrogen) atoms. The minimum absolute atomic E-state index is 0.00759. The van der Waals surface area contributed by atoms with Gasteiger partial charge in [0, 0.05) is 35.5 Å². The average Bonchev–Trinajstić information content (AvgIpc) is 3.01. The van der Waals surface area contributed by atoms with E-state index in [4.69, 9.17) is 24.4 Å². The van der Waals surface area contributed by atoms with Crippen LogP contribution in [0.3, 0.4) is 0 Å². The van der Waals surface area contributed by atoms with Gasteiger partial charge in [0.15, 0.2) is 10.2 Å². The second kappa shape index (κ2) is 15.6. The van der Waals surface area contributed by atoms with Crippen LogP contribution in [0.5, 0.6) is 0 Å². The molecule has 1 atom stereocenters. The molecule has 0 bridgehead atoms. The van der Waals surface area contributed by atoms with Crippen LogP contribution in [0.15, 0.2) is 61.8 Å². The van der Waals surface area contributed by atoms with E-state index in [0.717, 1.165) is 10.4 Å². The molecule has 2 fully saturated rings. The summed E-state index contributed by atoms with van der Waals surface area (Å²) in [7, 11) is -4.26. The fourth-order valence-electron chi connectivity index (χ4n) is 4.31. The fraction of sp³-hybridized carbons (Fsp3) is 0.308. The molecule has 254 valence electrons. The number of hydrogen-bond donors (Lipinski definition) is 5. The molecule has 2 saturated heterocycles. The Morgan fingerprint density at radius 2 is 1.29 bits per heavy atom. The van der Waals surface area contributed by atoms with Gasteiger partial charge in [-0.05, 0) is 61.5 Å². The van der Waals surface area contributed by atoms with Crippen molar-refractivity contribution in [2.75, 3.05) is 17.4 Å². The van der Waals surface area contributed by atoms with Gasteiger partial charge in [0.2, 0.25) is 22.1 Å². The zero-order chi connectivity index (χ0) is 35.2. The molecule has 4 rings (SSSR count). The first-order chi connectivity index (χ1) is 22.7. The number of carbonyl (C=O) groups excluding carboxylic acids is 4. The zero-order valence-electron chi connectivity index (χ0n) is 25.1. The van der Waals surface area contributed by atoms with Crippen LogP contribution >= 0.6 is 24.4 Å². The van der Waals surface area contributed by atoms with Crippen molar-refractivity contribution >= 4 is 96.6 Å². The third kappa shape index (κ3) is 8.51. The first kappa shape index (κ1) is 36.4. The Morgan fingerprint density at radius 3 is 1.75 bits per heavy atom. The normalized spacial score (nSPS) is 17.0. The maximum Gasteiger partial charge on any atom is 0.262 e. The molecule has 0 saturated carbocycles. The van der Waals surface area contributed by atoms with Crippen molar-refractivity contribution in [3.8, 4) is 11.1 Å². The van der Waals surface area contributed by atoms with E-state index in [1.807, 2.05) is 0 Å². The number of anilines is 1. The monoisotopic (exact) mass is 735 g/mol. The Hall–Kier alpha value is -4.48. The number of nitrogens with one attached hydrogen (secondary N) is 5. The van der Waals surface area contributed by atoms with Crippen LogP contribution in [0.1, 0.15) is 26.7 Å². The number of azo groups is 2. The quantitative estimate of drug-likeness (QED) is 0.0845. The van der Waals surface area contributed by atoms with Crippen molar-refractivity contribution in [1.29, 1.82) is 0 Å². The lowest BCUT2D eigenvalue weighted by atomic mass is 10.0. The molecule has 4 amide bonds. The van der Waals surface area contributed by atoms with Crippen LogP contribution in [0.4, 0.5) is 17.1 Å². The topological polar surface area (TPSA) is 255 Å². The van der Waals surface area contributed by atoms with E-state index < -0.39 is 57.0 Å². The first-order valence-electron chi connectivity index (χ1n) is 14.0. The zero-order valence-corrected chi connectivity index (χ0v) is 28.3. The van der Waals surface area contributed by atoms with Crippen LogP contribution in [-0.2, 0) is 40.5 Å². The van der Waals surface area contributed by atoms with Crippen molar-refractivity contribution in [3.63, 3.8) is 0 Å². The molecule has 1 unspecified atom stereocenters. The first-order valence-corrected chi connectivity index (χ1v) is 17.4. The third-order valence-corrected chi connectivity index (χ3v) is 9.11. The highest BCUT2D eigenvalue weighted by Crippen LogP contribution is 2.40. The number of thiocarbonyl (C=S) groups is 2. The van der Waals surface area contributed by atoms with Crippen molar-refractivity contribution in [1.82, 2.24) is 26.0 Å². The fourth-order valence-corrected chi connectivity index (χ4v) is 6.72. The summed E-state index contributed by atoms with van der Waals surface area (Å²) < 4.78 is 55.4. The number of sulfonamides is 1. The summed E-state index contributed by atoms with van der Waals surface area (Å²) in [6, 6.07) is 4.83. The molecular weight excluding hydrogens is 709 g/mol. The maximum atomic E-state index is 13.6. The molecule has 2 aliphatic heterocycles. The predicted octanol–water partition coefficient (Wildman–Crippen LogP) is 1.02. The molecular formula is C26H27N10O8S4-. The number of nitrogens with zero attached hydrogens (tertiary/aromatic N) is 5. The highest BCUT2D eigenvalue weighted by atomic mass is 32.2. The molecule has 2 heterocycles. The van der Waals surface area contributed by atoms with Gasteiger partial charge in [-0.25, -0.2) is 13.1 Å². The van der Waals surface area contributed by atoms with Gasteiger partial charge in [-0.3, -0.25) is 23.4 Å². The molecule has 2 aromatic rings. The molecule has 0 radical (unpaired) electrons. The van der Waals surface area contributed by atoms with E-state index in [1.165, 1.54) is 30.3 Å². The number of carbonyl (C=O) groups is 4. The van der Waals surface area contributed by atoms with Gasteiger partial charge in [-0.2, -0.15) is 20.5 Å². The summed E-state index contributed by atoms with van der Waals surface area (Å²) in [5, 5.41) is 24.1. The standard InChI is InChI=1S/C26H28N10O8S4/c1-3-9-27-48(43,44)18-12-14(33-35-20-23(39)30-26(46)31-24(20)40)6-8-16(18)15-7-5-13(11-17(15)36(10-4-2)47(41)42)32-34-19-21(37)28-25(45)29-22(19)38/h5-8,11-12,19-20,27H,3-4,9-10H2,1-2H3,(H,41,42)(H2,28,29,37,38,45)(H2,30,31,39,40,46)/p-1. The lowest BCUT2D eigenvalue weighted by Gasteiger charge is -2.29. The van der Waals surface area contributed by atoms with E-state index in [0.29, 0.717) is 12.8 Å². The van der Waals surface area contributed by atoms with Gasteiger partial charge in [-0.1, -0.05) is 26.0 Å². The van der Waals surface area contributed by atoms with Gasteiger partial charge in [-0.15, -0.1) is 0 Å². The largest absolute Gasteiger partial charge is 0.755 e. The van der Waals surface area contributed by atoms with Gasteiger partial charge >= 0.3 is 0 Å². The molecule has 0 aromatic heterocycles. The maximum absolute atomic E-state index is 13.6. The molecule has 18 nitrogen and oxygen atoms in total. The molecule has 5 N–H and O–H groups in total. The van der Waals surface area contributed by atoms with Gasteiger partial charge in [0.05, 0.1) is 22.0 Å². The Morgan fingerprint density at radius 1 is 0.812 bits per heavy atom. The van der Waals surface area contributed by atoms with Crippen molar-refractivity contribution in [2.24, 2.45) is 20.5 Å². The summed E-state index contributed by atoms with van der Waals surface area (Å²) in [5.74, 6) is -3.26. The van der Waals surface area contributed by atoms with E-state index in [9.17, 15) is 36.4 Å². The summed E-state index contributed by atoms with van der Waals surface area (Å²) >= 11 is 6.71. The summed E-state index contributed by atoms with van der Waals surface area (Å²) in [4.78, 5) is 48.5. The SMILES string of the molecule is CCCNS(=O)(=O)c1cc(N=NC2C(=O)NC(=S)NC2=O)ccc1-c1ccc(N=NC2C(=O)NC(=S)NC2=O)cc1N(CCC)S(=O)[O-]. The third-order valence-electron chi connectivity index (χ3n) is 6.46. The highest BCUT2D eigenvalue weighted by molar-refractivity contribution is 7.89. The summed E-state index contributed by atoms with van der Waals surface area (Å²) in [5.41, 5.74) is 0.202. The highest BCUT2D eigenvalue weighted by Gasteiger charge is 2.34. The second-order valence-corrected chi connectivity index (χ2v) is 13.4. The second-order valence-electron chi connectivity index (χ2n) is 9.95. The van der Waals surface area contributed by atoms with E-state index >= 15 is 0 Å². The Labute approximate surface area is 287 Å². The minimum atomic E-state index is -4.26. The smallest absolute Gasteiger partial charge is 0.262 e. The molecule has 2 aromatic carbocycles. The molecule has 0 aliphatic carbocycles. The molecule has 0 spiro atoms. The average molecular weight is 736 g/mol. The summed E-state index contributed by atoms with van der Waals surface area (Å²) in [6.07, 6.45) is 0.825. The van der Waals surface area contributed by atoms with Crippen molar-refractivity contribution < 1.29 is 36.4 Å². The Bertz CT molecular complexity index is 1850. The number of rotatable bonds is 13. The van der Waals surface area contributed by atoms with Gasteiger partial charge < -0.3 is 30.1 Å².